The molecule has 1 atom stereocenters. The summed E-state index contributed by atoms with van der Waals surface area (Å²) in [5, 5.41) is 0.364. The number of halogens is 2. The van der Waals surface area contributed by atoms with Crippen molar-refractivity contribution in [2.75, 3.05) is 6.54 Å². The molecule has 10 heteroatoms. The number of nitrogens with one attached hydrogen (secondary N) is 1. The van der Waals surface area contributed by atoms with Crippen molar-refractivity contribution < 1.29 is 22.4 Å². The summed E-state index contributed by atoms with van der Waals surface area (Å²) in [5.74, 6) is 1.18. The van der Waals surface area contributed by atoms with Gasteiger partial charge in [-0.25, -0.2) is 13.7 Å². The van der Waals surface area contributed by atoms with E-state index in [2.05, 4.69) is 16.0 Å². The Balaban J connectivity index is 1.60. The molecular formula is C25H22ClFN3O4S-. The molecule has 182 valence electrons. The van der Waals surface area contributed by atoms with Gasteiger partial charge in [0.05, 0.1) is 5.56 Å². The SMILES string of the molecule is O=C(Cl)CCCN(Cc1cc2oc(-c3ccc(F)cc3)c(-c3ncc[nH]3)c2cc1C1CC1)S(=O)[O-]. The first-order valence-electron chi connectivity index (χ1n) is 11.3. The molecule has 2 heterocycles. The van der Waals surface area contributed by atoms with E-state index in [1.165, 1.54) is 16.4 Å². The third-order valence-corrected chi connectivity index (χ3v) is 7.07. The Hall–Kier alpha value is -2.85. The molecule has 0 aliphatic heterocycles. The van der Waals surface area contributed by atoms with E-state index >= 15 is 0 Å². The lowest BCUT2D eigenvalue weighted by atomic mass is 9.97. The van der Waals surface area contributed by atoms with Crippen molar-refractivity contribution in [1.29, 1.82) is 0 Å². The molecule has 2 aromatic heterocycles. The molecule has 1 saturated carbocycles. The number of furan rings is 1. The number of fused-ring (bicyclic) bond motifs is 1. The number of carbonyl (C=O) groups is 1. The average molecular weight is 515 g/mol. The van der Waals surface area contributed by atoms with Crippen LogP contribution >= 0.6 is 11.6 Å². The quantitative estimate of drug-likeness (QED) is 0.218. The van der Waals surface area contributed by atoms with E-state index in [9.17, 15) is 17.9 Å². The monoisotopic (exact) mass is 514 g/mol. The van der Waals surface area contributed by atoms with Gasteiger partial charge in [0.2, 0.25) is 5.24 Å². The third kappa shape index (κ3) is 5.23. The number of hydrogen-bond acceptors (Lipinski definition) is 5. The van der Waals surface area contributed by atoms with Gasteiger partial charge < -0.3 is 14.0 Å². The predicted molar refractivity (Wildman–Crippen MR) is 131 cm³/mol. The second-order valence-electron chi connectivity index (χ2n) is 8.61. The molecular weight excluding hydrogens is 493 g/mol. The van der Waals surface area contributed by atoms with Crippen molar-refractivity contribution in [3.63, 3.8) is 0 Å². The van der Waals surface area contributed by atoms with Gasteiger partial charge in [0, 0.05) is 54.1 Å². The Morgan fingerprint density at radius 3 is 2.69 bits per heavy atom. The minimum atomic E-state index is -2.46. The highest BCUT2D eigenvalue weighted by Crippen LogP contribution is 2.46. The zero-order valence-electron chi connectivity index (χ0n) is 18.6. The van der Waals surface area contributed by atoms with E-state index < -0.39 is 16.5 Å². The molecule has 1 fully saturated rings. The van der Waals surface area contributed by atoms with Gasteiger partial charge in [-0.2, -0.15) is 0 Å². The van der Waals surface area contributed by atoms with Gasteiger partial charge in [0.25, 0.3) is 0 Å². The minimum absolute atomic E-state index is 0.107. The van der Waals surface area contributed by atoms with Crippen LogP contribution in [0.15, 0.2) is 53.2 Å². The number of imidazole rings is 1. The van der Waals surface area contributed by atoms with E-state index in [0.717, 1.165) is 34.9 Å². The molecule has 0 bridgehead atoms. The van der Waals surface area contributed by atoms with Crippen LogP contribution in [-0.4, -0.2) is 34.8 Å². The molecule has 35 heavy (non-hydrogen) atoms. The van der Waals surface area contributed by atoms with Crippen molar-refractivity contribution in [3.05, 3.63) is 65.7 Å². The highest BCUT2D eigenvalue weighted by Gasteiger charge is 2.29. The van der Waals surface area contributed by atoms with E-state index in [4.69, 9.17) is 16.0 Å². The van der Waals surface area contributed by atoms with Crippen LogP contribution in [0.4, 0.5) is 4.39 Å². The molecule has 0 amide bonds. The second-order valence-corrected chi connectivity index (χ2v) is 9.98. The molecule has 2 aromatic carbocycles. The Morgan fingerprint density at radius 2 is 2.06 bits per heavy atom. The fraction of sp³-hybridized carbons (Fsp3) is 0.280. The predicted octanol–water partition coefficient (Wildman–Crippen LogP) is 5.65. The van der Waals surface area contributed by atoms with Gasteiger partial charge in [-0.05, 0) is 84.3 Å². The summed E-state index contributed by atoms with van der Waals surface area (Å²) in [4.78, 5) is 18.6. The third-order valence-electron chi connectivity index (χ3n) is 6.15. The summed E-state index contributed by atoms with van der Waals surface area (Å²) >= 11 is 2.95. The van der Waals surface area contributed by atoms with E-state index in [-0.39, 0.29) is 25.3 Å². The number of benzene rings is 2. The fourth-order valence-electron chi connectivity index (χ4n) is 4.35. The number of H-pyrrole nitrogens is 1. The first-order chi connectivity index (χ1) is 16.9. The largest absolute Gasteiger partial charge is 0.760 e. The number of carbonyl (C=O) groups excluding carboxylic acids is 1. The Morgan fingerprint density at radius 1 is 1.29 bits per heavy atom. The normalized spacial score (nSPS) is 14.6. The lowest BCUT2D eigenvalue weighted by Crippen LogP contribution is -2.27. The van der Waals surface area contributed by atoms with Crippen LogP contribution in [0.3, 0.4) is 0 Å². The second kappa shape index (κ2) is 10.0. The number of hydrogen-bond donors (Lipinski definition) is 1. The molecule has 5 rings (SSSR count). The van der Waals surface area contributed by atoms with E-state index in [1.54, 1.807) is 24.5 Å². The maximum Gasteiger partial charge on any atom is 0.221 e. The summed E-state index contributed by atoms with van der Waals surface area (Å²) in [7, 11) is 0. The number of aromatic amines is 1. The van der Waals surface area contributed by atoms with Crippen LogP contribution in [0.1, 0.15) is 42.7 Å². The van der Waals surface area contributed by atoms with Crippen molar-refractivity contribution in [2.45, 2.75) is 38.1 Å². The van der Waals surface area contributed by atoms with Gasteiger partial charge in [0.1, 0.15) is 23.0 Å². The lowest BCUT2D eigenvalue weighted by molar-refractivity contribution is -0.111. The van der Waals surface area contributed by atoms with Crippen molar-refractivity contribution in [1.82, 2.24) is 14.3 Å². The van der Waals surface area contributed by atoms with Crippen LogP contribution in [-0.2, 0) is 22.6 Å². The molecule has 7 nitrogen and oxygen atoms in total. The zero-order valence-corrected chi connectivity index (χ0v) is 20.2. The molecule has 1 aliphatic rings. The molecule has 1 N–H and O–H groups in total. The van der Waals surface area contributed by atoms with E-state index in [0.29, 0.717) is 35.1 Å². The summed E-state index contributed by atoms with van der Waals surface area (Å²) in [6, 6.07) is 10.0. The van der Waals surface area contributed by atoms with Crippen molar-refractivity contribution in [3.8, 4) is 22.7 Å². The minimum Gasteiger partial charge on any atom is -0.760 e. The van der Waals surface area contributed by atoms with Crippen LogP contribution in [0.5, 0.6) is 0 Å². The van der Waals surface area contributed by atoms with Crippen LogP contribution in [0.2, 0.25) is 0 Å². The topological polar surface area (TPSA) is 102 Å². The van der Waals surface area contributed by atoms with Crippen LogP contribution in [0.25, 0.3) is 33.7 Å². The maximum absolute atomic E-state index is 13.6. The zero-order chi connectivity index (χ0) is 24.5. The fourth-order valence-corrected chi connectivity index (χ4v) is 5.00. The van der Waals surface area contributed by atoms with Gasteiger partial charge in [-0.3, -0.25) is 9.00 Å². The Labute approximate surface area is 208 Å². The molecule has 4 aromatic rings. The summed E-state index contributed by atoms with van der Waals surface area (Å²) < 4.78 is 45.0. The van der Waals surface area contributed by atoms with Crippen LogP contribution < -0.4 is 0 Å². The lowest BCUT2D eigenvalue weighted by Gasteiger charge is -2.25. The summed E-state index contributed by atoms with van der Waals surface area (Å²) in [6.07, 6.45) is 5.89. The number of aromatic nitrogens is 2. The van der Waals surface area contributed by atoms with E-state index in [1.807, 2.05) is 6.07 Å². The van der Waals surface area contributed by atoms with Gasteiger partial charge in [-0.1, -0.05) is 0 Å². The van der Waals surface area contributed by atoms with Gasteiger partial charge in [-0.15, -0.1) is 0 Å². The number of nitrogens with zero attached hydrogens (tertiary/aromatic N) is 2. The van der Waals surface area contributed by atoms with Gasteiger partial charge in [0.15, 0.2) is 0 Å². The average Bonchev–Trinajstić information content (AvgIpc) is 3.39. The summed E-state index contributed by atoms with van der Waals surface area (Å²) in [6.45, 7) is 0.352. The molecule has 0 saturated heterocycles. The number of rotatable bonds is 10. The standard InChI is InChI=1S/C25H23ClFN3O4S/c26-22(31)2-1-11-30(35(32)33)14-17-12-21-20(13-19(17)15-3-4-15)23(25-28-9-10-29-25)24(34-21)16-5-7-18(27)8-6-16/h5-10,12-13,15H,1-4,11,14H2,(H,28,29)(H,32,33)/p-1. The highest BCUT2D eigenvalue weighted by atomic mass is 35.5. The molecule has 0 spiro atoms. The molecule has 1 unspecified atom stereocenters. The Kier molecular flexibility index (Phi) is 6.84. The smallest absolute Gasteiger partial charge is 0.221 e. The molecule has 1 aliphatic carbocycles. The molecule has 0 radical (unpaired) electrons. The van der Waals surface area contributed by atoms with Crippen molar-refractivity contribution >= 4 is 39.1 Å². The first kappa shape index (κ1) is 23.9. The van der Waals surface area contributed by atoms with Gasteiger partial charge >= 0.3 is 0 Å². The maximum atomic E-state index is 13.6. The van der Waals surface area contributed by atoms with Crippen molar-refractivity contribution in [2.24, 2.45) is 0 Å². The Bertz CT molecular complexity index is 1380. The summed E-state index contributed by atoms with van der Waals surface area (Å²) in [5.41, 5.74) is 3.99. The highest BCUT2D eigenvalue weighted by molar-refractivity contribution is 7.76. The van der Waals surface area contributed by atoms with Crippen LogP contribution in [0, 0.1) is 5.82 Å². The first-order valence-corrected chi connectivity index (χ1v) is 12.7.